The molecule has 0 radical (unpaired) electrons. The summed E-state index contributed by atoms with van der Waals surface area (Å²) >= 11 is 0. The summed E-state index contributed by atoms with van der Waals surface area (Å²) in [6.07, 6.45) is 23.6. The lowest BCUT2D eigenvalue weighted by atomic mass is 10.0. The van der Waals surface area contributed by atoms with Gasteiger partial charge in [0.05, 0.1) is 0 Å². The van der Waals surface area contributed by atoms with Gasteiger partial charge in [0.2, 0.25) is 0 Å². The first kappa shape index (κ1) is 28.2. The Morgan fingerprint density at radius 3 is 1.28 bits per heavy atom. The number of aliphatic hydroxyl groups is 1. The maximum absolute atomic E-state index is 12.2. The number of urea groups is 1. The predicted octanol–water partition coefficient (Wildman–Crippen LogP) is 7.00. The second-order valence-electron chi connectivity index (χ2n) is 8.90. The van der Waals surface area contributed by atoms with Gasteiger partial charge in [-0.25, -0.2) is 4.79 Å². The van der Waals surface area contributed by atoms with Crippen LogP contribution in [0.25, 0.3) is 0 Å². The van der Waals surface area contributed by atoms with E-state index in [0.29, 0.717) is 0 Å². The molecule has 0 spiro atoms. The molecule has 29 heavy (non-hydrogen) atoms. The summed E-state index contributed by atoms with van der Waals surface area (Å²) in [5, 5.41) is 8.94. The number of amides is 2. The zero-order chi connectivity index (χ0) is 21.6. The van der Waals surface area contributed by atoms with Crippen LogP contribution in [0.4, 0.5) is 4.79 Å². The number of nitrogens with zero attached hydrogens (tertiary/aromatic N) is 2. The lowest BCUT2D eigenvalue weighted by molar-refractivity contribution is 0.166. The molecule has 0 aromatic rings. The maximum atomic E-state index is 12.2. The van der Waals surface area contributed by atoms with Crippen molar-refractivity contribution in [2.75, 3.05) is 33.8 Å². The highest BCUT2D eigenvalue weighted by molar-refractivity contribution is 5.73. The van der Waals surface area contributed by atoms with Gasteiger partial charge >= 0.3 is 6.03 Å². The van der Waals surface area contributed by atoms with E-state index >= 15 is 0 Å². The molecule has 0 unspecified atom stereocenters. The molecule has 0 aliphatic rings. The van der Waals surface area contributed by atoms with Crippen LogP contribution in [0.3, 0.4) is 0 Å². The minimum absolute atomic E-state index is 0.101. The number of hydrogen-bond donors (Lipinski definition) is 1. The van der Waals surface area contributed by atoms with Crippen molar-refractivity contribution in [1.82, 2.24) is 9.80 Å². The Morgan fingerprint density at radius 1 is 0.586 bits per heavy atom. The van der Waals surface area contributed by atoms with Crippen LogP contribution >= 0.6 is 0 Å². The van der Waals surface area contributed by atoms with Gasteiger partial charge in [-0.15, -0.1) is 0 Å². The highest BCUT2D eigenvalue weighted by Crippen LogP contribution is 2.14. The average Bonchev–Trinajstić information content (AvgIpc) is 2.71. The lowest BCUT2D eigenvalue weighted by Crippen LogP contribution is -2.40. The molecule has 0 aliphatic heterocycles. The fourth-order valence-electron chi connectivity index (χ4n) is 3.85. The van der Waals surface area contributed by atoms with Crippen LogP contribution in [0.15, 0.2) is 0 Å². The zero-order valence-corrected chi connectivity index (χ0v) is 20.1. The standard InChI is InChI=1S/C25H52N2O2/c1-4-5-6-7-8-9-10-11-12-13-14-15-16-17-18-19-22-27(23-20-21-24-28)25(29)26(2)3/h28H,4-24H2,1-3H3. The van der Waals surface area contributed by atoms with E-state index in [1.54, 1.807) is 4.90 Å². The molecule has 4 nitrogen and oxygen atoms in total. The molecular weight excluding hydrogens is 360 g/mol. The lowest BCUT2D eigenvalue weighted by Gasteiger charge is -2.26. The largest absolute Gasteiger partial charge is 0.396 e. The normalized spacial score (nSPS) is 11.0. The minimum atomic E-state index is 0.101. The first-order valence-corrected chi connectivity index (χ1v) is 12.7. The van der Waals surface area contributed by atoms with Gasteiger partial charge in [-0.1, -0.05) is 103 Å². The Bertz CT molecular complexity index is 348. The van der Waals surface area contributed by atoms with Crippen LogP contribution < -0.4 is 0 Å². The average molecular weight is 413 g/mol. The van der Waals surface area contributed by atoms with Crippen molar-refractivity contribution >= 4 is 6.03 Å². The molecular formula is C25H52N2O2. The van der Waals surface area contributed by atoms with Gasteiger partial charge in [0.25, 0.3) is 0 Å². The van der Waals surface area contributed by atoms with Crippen LogP contribution in [-0.2, 0) is 0 Å². The number of aliphatic hydroxyl groups excluding tert-OH is 1. The van der Waals surface area contributed by atoms with Crippen LogP contribution in [0.1, 0.15) is 122 Å². The van der Waals surface area contributed by atoms with Gasteiger partial charge in [0, 0.05) is 33.8 Å². The van der Waals surface area contributed by atoms with Crippen molar-refractivity contribution < 1.29 is 9.90 Å². The Labute approximate surface area is 182 Å². The maximum Gasteiger partial charge on any atom is 0.319 e. The van der Waals surface area contributed by atoms with Crippen molar-refractivity contribution in [1.29, 1.82) is 0 Å². The molecule has 0 heterocycles. The van der Waals surface area contributed by atoms with E-state index in [-0.39, 0.29) is 12.6 Å². The van der Waals surface area contributed by atoms with Crippen molar-refractivity contribution in [3.63, 3.8) is 0 Å². The summed E-state index contributed by atoms with van der Waals surface area (Å²) in [5.74, 6) is 0. The van der Waals surface area contributed by atoms with Gasteiger partial charge in [-0.2, -0.15) is 0 Å². The molecule has 1 N–H and O–H groups in total. The molecule has 0 saturated carbocycles. The topological polar surface area (TPSA) is 43.8 Å². The number of unbranched alkanes of at least 4 members (excludes halogenated alkanes) is 16. The minimum Gasteiger partial charge on any atom is -0.396 e. The van der Waals surface area contributed by atoms with E-state index in [4.69, 9.17) is 5.11 Å². The molecule has 0 aromatic carbocycles. The molecule has 174 valence electrons. The molecule has 4 heteroatoms. The summed E-state index contributed by atoms with van der Waals surface area (Å²) in [4.78, 5) is 15.8. The Balaban J connectivity index is 3.46. The predicted molar refractivity (Wildman–Crippen MR) is 127 cm³/mol. The van der Waals surface area contributed by atoms with Gasteiger partial charge < -0.3 is 14.9 Å². The summed E-state index contributed by atoms with van der Waals surface area (Å²) in [6.45, 7) is 4.10. The van der Waals surface area contributed by atoms with Gasteiger partial charge in [0.1, 0.15) is 0 Å². The number of carbonyl (C=O) groups excluding carboxylic acids is 1. The van der Waals surface area contributed by atoms with Crippen molar-refractivity contribution in [3.05, 3.63) is 0 Å². The summed E-state index contributed by atoms with van der Waals surface area (Å²) in [6, 6.07) is 0.101. The third kappa shape index (κ3) is 19.0. The highest BCUT2D eigenvalue weighted by atomic mass is 16.3. The van der Waals surface area contributed by atoms with E-state index in [1.165, 1.54) is 96.3 Å². The third-order valence-electron chi connectivity index (χ3n) is 5.77. The fourth-order valence-corrected chi connectivity index (χ4v) is 3.85. The van der Waals surface area contributed by atoms with E-state index in [9.17, 15) is 4.79 Å². The monoisotopic (exact) mass is 412 g/mol. The number of rotatable bonds is 21. The van der Waals surface area contributed by atoms with Crippen LogP contribution in [-0.4, -0.2) is 54.7 Å². The second kappa shape index (κ2) is 21.9. The zero-order valence-electron chi connectivity index (χ0n) is 20.1. The molecule has 0 aliphatic carbocycles. The second-order valence-corrected chi connectivity index (χ2v) is 8.90. The molecule has 0 saturated heterocycles. The SMILES string of the molecule is CCCCCCCCCCCCCCCCCCN(CCCCO)C(=O)N(C)C. The fraction of sp³-hybridized carbons (Fsp3) is 0.960. The van der Waals surface area contributed by atoms with Gasteiger partial charge in [-0.05, 0) is 19.3 Å². The first-order valence-electron chi connectivity index (χ1n) is 12.7. The van der Waals surface area contributed by atoms with Gasteiger partial charge in [-0.3, -0.25) is 0 Å². The van der Waals surface area contributed by atoms with Crippen LogP contribution in [0.2, 0.25) is 0 Å². The Kier molecular flexibility index (Phi) is 21.3. The van der Waals surface area contributed by atoms with Crippen LogP contribution in [0.5, 0.6) is 0 Å². The number of hydrogen-bond acceptors (Lipinski definition) is 2. The van der Waals surface area contributed by atoms with Crippen molar-refractivity contribution in [2.24, 2.45) is 0 Å². The van der Waals surface area contributed by atoms with E-state index < -0.39 is 0 Å². The Morgan fingerprint density at radius 2 is 0.931 bits per heavy atom. The number of carbonyl (C=O) groups is 1. The molecule has 0 bridgehead atoms. The molecule has 0 fully saturated rings. The van der Waals surface area contributed by atoms with Gasteiger partial charge in [0.15, 0.2) is 0 Å². The smallest absolute Gasteiger partial charge is 0.319 e. The highest BCUT2D eigenvalue weighted by Gasteiger charge is 2.14. The molecule has 0 atom stereocenters. The van der Waals surface area contributed by atoms with Crippen molar-refractivity contribution in [3.8, 4) is 0 Å². The summed E-state index contributed by atoms with van der Waals surface area (Å²) in [5.41, 5.74) is 0. The first-order chi connectivity index (χ1) is 14.1. The van der Waals surface area contributed by atoms with E-state index in [0.717, 1.165) is 32.4 Å². The summed E-state index contributed by atoms with van der Waals surface area (Å²) < 4.78 is 0. The Hall–Kier alpha value is -0.770. The van der Waals surface area contributed by atoms with E-state index in [2.05, 4.69) is 6.92 Å². The van der Waals surface area contributed by atoms with E-state index in [1.807, 2.05) is 19.0 Å². The van der Waals surface area contributed by atoms with Crippen LogP contribution in [0, 0.1) is 0 Å². The third-order valence-corrected chi connectivity index (χ3v) is 5.77. The molecule has 0 aromatic heterocycles. The summed E-state index contributed by atoms with van der Waals surface area (Å²) in [7, 11) is 3.63. The quantitative estimate of drug-likeness (QED) is 0.206. The molecule has 0 rings (SSSR count). The molecule has 2 amide bonds. The van der Waals surface area contributed by atoms with Crippen molar-refractivity contribution in [2.45, 2.75) is 122 Å².